The van der Waals surface area contributed by atoms with Crippen LogP contribution >= 0.6 is 0 Å². The van der Waals surface area contributed by atoms with Crippen molar-refractivity contribution in [2.75, 3.05) is 0 Å². The molecule has 120 valence electrons. The van der Waals surface area contributed by atoms with Crippen molar-refractivity contribution in [3.63, 3.8) is 0 Å². The van der Waals surface area contributed by atoms with Gasteiger partial charge in [-0.15, -0.1) is 0 Å². The van der Waals surface area contributed by atoms with E-state index in [-0.39, 0.29) is 0 Å². The summed E-state index contributed by atoms with van der Waals surface area (Å²) in [5.74, 6) is -0.436. The molecule has 0 aliphatic heterocycles. The van der Waals surface area contributed by atoms with Crippen LogP contribution in [0, 0.1) is 5.41 Å². The molecular formula is C14H19F4NO2. The number of nitrogens with two attached hydrogens (primary N) is 1. The molecule has 1 aromatic carbocycles. The minimum absolute atomic E-state index is 0.319. The Morgan fingerprint density at radius 3 is 2.24 bits per heavy atom. The third-order valence-electron chi connectivity index (χ3n) is 2.98. The van der Waals surface area contributed by atoms with Crippen LogP contribution in [-0.4, -0.2) is 23.7 Å². The van der Waals surface area contributed by atoms with E-state index in [1.54, 1.807) is 20.8 Å². The number of aliphatic hydroxyl groups is 1. The van der Waals surface area contributed by atoms with Gasteiger partial charge in [-0.1, -0.05) is 32.9 Å². The van der Waals surface area contributed by atoms with Gasteiger partial charge in [-0.25, -0.2) is 0 Å². The minimum Gasteiger partial charge on any atom is -0.428 e. The van der Waals surface area contributed by atoms with E-state index in [1.165, 1.54) is 12.1 Å². The van der Waals surface area contributed by atoms with Crippen molar-refractivity contribution >= 4 is 0 Å². The number of aliphatic hydroxyl groups excluding tert-OH is 1. The highest BCUT2D eigenvalue weighted by Crippen LogP contribution is 2.32. The van der Waals surface area contributed by atoms with E-state index in [0.717, 1.165) is 12.1 Å². The van der Waals surface area contributed by atoms with Crippen LogP contribution in [0.15, 0.2) is 24.3 Å². The normalized spacial score (nSPS) is 15.9. The molecule has 3 N–H and O–H groups in total. The molecule has 3 nitrogen and oxygen atoms in total. The fraction of sp³-hybridized carbons (Fsp3) is 0.571. The number of hydrogen-bond donors (Lipinski definition) is 2. The lowest BCUT2D eigenvalue weighted by Gasteiger charge is -2.31. The van der Waals surface area contributed by atoms with Crippen LogP contribution < -0.4 is 10.5 Å². The Morgan fingerprint density at radius 1 is 1.19 bits per heavy atom. The lowest BCUT2D eigenvalue weighted by Crippen LogP contribution is -2.37. The molecule has 0 spiro atoms. The van der Waals surface area contributed by atoms with Gasteiger partial charge in [0.15, 0.2) is 0 Å². The summed E-state index contributed by atoms with van der Waals surface area (Å²) in [5.41, 5.74) is 5.67. The van der Waals surface area contributed by atoms with Crippen LogP contribution in [0.2, 0.25) is 0 Å². The first-order valence-electron chi connectivity index (χ1n) is 6.33. The van der Waals surface area contributed by atoms with Gasteiger partial charge in [-0.3, -0.25) is 0 Å². The smallest absolute Gasteiger partial charge is 0.428 e. The van der Waals surface area contributed by atoms with E-state index in [0.29, 0.717) is 5.56 Å². The van der Waals surface area contributed by atoms with Gasteiger partial charge in [0.1, 0.15) is 5.75 Å². The Morgan fingerprint density at radius 2 is 1.76 bits per heavy atom. The van der Waals surface area contributed by atoms with Gasteiger partial charge in [0.25, 0.3) is 0 Å². The summed E-state index contributed by atoms with van der Waals surface area (Å²) in [4.78, 5) is 0. The maximum Gasteiger partial charge on any atom is 0.461 e. The summed E-state index contributed by atoms with van der Waals surface area (Å²) in [5, 5.41) is 10.1. The Hall–Kier alpha value is -1.34. The number of hydrogen-bond acceptors (Lipinski definition) is 3. The fourth-order valence-electron chi connectivity index (χ4n) is 1.71. The number of rotatable bonds is 5. The summed E-state index contributed by atoms with van der Waals surface area (Å²) >= 11 is 0. The summed E-state index contributed by atoms with van der Waals surface area (Å²) < 4.78 is 53.9. The van der Waals surface area contributed by atoms with Crippen LogP contribution in [0.5, 0.6) is 5.75 Å². The van der Waals surface area contributed by atoms with Crippen molar-refractivity contribution in [1.29, 1.82) is 0 Å². The molecule has 0 aromatic heterocycles. The van der Waals surface area contributed by atoms with Crippen molar-refractivity contribution in [2.24, 2.45) is 11.1 Å². The molecule has 0 aliphatic carbocycles. The molecule has 2 atom stereocenters. The predicted molar refractivity (Wildman–Crippen MR) is 70.4 cm³/mol. The molecule has 0 fully saturated rings. The van der Waals surface area contributed by atoms with E-state index in [2.05, 4.69) is 4.74 Å². The zero-order valence-corrected chi connectivity index (χ0v) is 12.0. The molecule has 0 bridgehead atoms. The van der Waals surface area contributed by atoms with Crippen LogP contribution in [0.4, 0.5) is 17.6 Å². The van der Waals surface area contributed by atoms with Crippen LogP contribution in [0.3, 0.4) is 0 Å². The number of ether oxygens (including phenoxy) is 1. The highest BCUT2D eigenvalue weighted by Gasteiger charge is 2.44. The molecule has 21 heavy (non-hydrogen) atoms. The van der Waals surface area contributed by atoms with Crippen LogP contribution in [-0.2, 0) is 0 Å². The van der Waals surface area contributed by atoms with Gasteiger partial charge in [0, 0.05) is 0 Å². The summed E-state index contributed by atoms with van der Waals surface area (Å²) in [6.45, 7) is 5.30. The Bertz CT molecular complexity index is 474. The molecular weight excluding hydrogens is 290 g/mol. The maximum absolute atomic E-state index is 12.9. The van der Waals surface area contributed by atoms with E-state index in [4.69, 9.17) is 5.73 Å². The van der Waals surface area contributed by atoms with Gasteiger partial charge in [0.2, 0.25) is 0 Å². The van der Waals surface area contributed by atoms with Gasteiger partial charge in [0.05, 0.1) is 12.1 Å². The molecule has 0 heterocycles. The number of alkyl halides is 4. The molecule has 1 rings (SSSR count). The lowest BCUT2D eigenvalue weighted by atomic mass is 9.82. The fourth-order valence-corrected chi connectivity index (χ4v) is 1.71. The quantitative estimate of drug-likeness (QED) is 0.820. The van der Waals surface area contributed by atoms with E-state index in [1.807, 2.05) is 0 Å². The van der Waals surface area contributed by atoms with Gasteiger partial charge < -0.3 is 15.6 Å². The molecule has 0 saturated carbocycles. The Labute approximate surface area is 120 Å². The van der Waals surface area contributed by atoms with Crippen molar-refractivity contribution < 1.29 is 27.4 Å². The second-order valence-corrected chi connectivity index (χ2v) is 5.87. The van der Waals surface area contributed by atoms with Gasteiger partial charge in [-0.2, -0.15) is 17.6 Å². The summed E-state index contributed by atoms with van der Waals surface area (Å²) in [6.07, 6.45) is -9.45. The van der Waals surface area contributed by atoms with E-state index >= 15 is 0 Å². The van der Waals surface area contributed by atoms with Crippen molar-refractivity contribution in [2.45, 2.75) is 45.5 Å². The minimum atomic E-state index is -4.58. The largest absolute Gasteiger partial charge is 0.461 e. The second-order valence-electron chi connectivity index (χ2n) is 5.87. The first kappa shape index (κ1) is 17.7. The van der Waals surface area contributed by atoms with Gasteiger partial charge in [-0.05, 0) is 23.1 Å². The average Bonchev–Trinajstić information content (AvgIpc) is 2.35. The zero-order chi connectivity index (χ0) is 16.4. The zero-order valence-electron chi connectivity index (χ0n) is 12.0. The molecule has 0 aliphatic rings. The Kier molecular flexibility index (Phi) is 5.22. The first-order chi connectivity index (χ1) is 9.45. The van der Waals surface area contributed by atoms with E-state index in [9.17, 15) is 22.7 Å². The maximum atomic E-state index is 12.9. The molecule has 7 heteroatoms. The molecule has 0 unspecified atom stereocenters. The van der Waals surface area contributed by atoms with Crippen LogP contribution in [0.25, 0.3) is 0 Å². The predicted octanol–water partition coefficient (Wildman–Crippen LogP) is 3.33. The molecule has 1 aromatic rings. The van der Waals surface area contributed by atoms with Crippen molar-refractivity contribution in [1.82, 2.24) is 0 Å². The van der Waals surface area contributed by atoms with Crippen molar-refractivity contribution in [3.8, 4) is 5.75 Å². The monoisotopic (exact) mass is 309 g/mol. The highest BCUT2D eigenvalue weighted by molar-refractivity contribution is 5.31. The first-order valence-corrected chi connectivity index (χ1v) is 6.33. The number of halogens is 4. The average molecular weight is 309 g/mol. The standard InChI is InChI=1S/C14H19F4NO2/c1-13(2,3)11(20)10(19)8-5-4-6-9(7-8)21-14(17,18)12(15)16/h4-7,10-12,20H,19H2,1-3H3/t10-,11-/m1/s1. The Balaban J connectivity index is 2.96. The molecule has 0 saturated heterocycles. The van der Waals surface area contributed by atoms with Crippen molar-refractivity contribution in [3.05, 3.63) is 29.8 Å². The lowest BCUT2D eigenvalue weighted by molar-refractivity contribution is -0.253. The number of benzene rings is 1. The van der Waals surface area contributed by atoms with Gasteiger partial charge >= 0.3 is 12.5 Å². The third-order valence-corrected chi connectivity index (χ3v) is 2.98. The van der Waals surface area contributed by atoms with E-state index < -0.39 is 35.8 Å². The third kappa shape index (κ3) is 4.57. The molecule has 0 radical (unpaired) electrons. The highest BCUT2D eigenvalue weighted by atomic mass is 19.3. The topological polar surface area (TPSA) is 55.5 Å². The SMILES string of the molecule is CC(C)(C)[C@H](O)[C@H](N)c1cccc(OC(F)(F)C(F)F)c1. The summed E-state index contributed by atoms with van der Waals surface area (Å²) in [6, 6.07) is 4.24. The second kappa shape index (κ2) is 6.19. The molecule has 0 amide bonds. The van der Waals surface area contributed by atoms with Crippen LogP contribution in [0.1, 0.15) is 32.4 Å². The summed E-state index contributed by atoms with van der Waals surface area (Å²) in [7, 11) is 0.